The third-order valence-corrected chi connectivity index (χ3v) is 3.44. The number of methoxy groups -OCH3 is 2. The molecule has 0 saturated heterocycles. The van der Waals surface area contributed by atoms with E-state index >= 15 is 0 Å². The quantitative estimate of drug-likeness (QED) is 0.808. The first-order valence-corrected chi connectivity index (χ1v) is 7.51. The Kier molecular flexibility index (Phi) is 6.11. The van der Waals surface area contributed by atoms with Crippen LogP contribution in [0.1, 0.15) is 6.42 Å². The molecule has 0 bridgehead atoms. The molecule has 0 atom stereocenters. The molecule has 5 nitrogen and oxygen atoms in total. The highest BCUT2D eigenvalue weighted by Crippen LogP contribution is 2.29. The van der Waals surface area contributed by atoms with Crippen LogP contribution in [0.5, 0.6) is 11.5 Å². The number of nitrogens with one attached hydrogen (secondary N) is 2. The monoisotopic (exact) mass is 334 g/mol. The Morgan fingerprint density at radius 3 is 2.30 bits per heavy atom. The van der Waals surface area contributed by atoms with Crippen molar-refractivity contribution < 1.29 is 14.3 Å². The van der Waals surface area contributed by atoms with Crippen LogP contribution in [-0.4, -0.2) is 26.7 Å². The lowest BCUT2D eigenvalue weighted by molar-refractivity contribution is -0.115. The van der Waals surface area contributed by atoms with E-state index in [4.69, 9.17) is 21.1 Å². The lowest BCUT2D eigenvalue weighted by Gasteiger charge is -2.11. The molecular formula is C17H19ClN2O3. The van der Waals surface area contributed by atoms with Gasteiger partial charge in [-0.05, 0) is 36.4 Å². The van der Waals surface area contributed by atoms with Gasteiger partial charge in [-0.15, -0.1) is 0 Å². The van der Waals surface area contributed by atoms with E-state index in [1.54, 1.807) is 38.5 Å². The number of rotatable bonds is 7. The van der Waals surface area contributed by atoms with Crippen molar-refractivity contribution in [1.82, 2.24) is 0 Å². The summed E-state index contributed by atoms with van der Waals surface area (Å²) in [5.74, 6) is 1.24. The van der Waals surface area contributed by atoms with Crippen LogP contribution in [0.2, 0.25) is 5.02 Å². The summed E-state index contributed by atoms with van der Waals surface area (Å²) in [5, 5.41) is 6.63. The van der Waals surface area contributed by atoms with Crippen LogP contribution in [-0.2, 0) is 4.79 Å². The zero-order chi connectivity index (χ0) is 16.7. The summed E-state index contributed by atoms with van der Waals surface area (Å²) in [5.41, 5.74) is 1.59. The normalized spacial score (nSPS) is 10.0. The molecule has 2 aromatic rings. The van der Waals surface area contributed by atoms with Crippen LogP contribution in [0.4, 0.5) is 11.4 Å². The minimum absolute atomic E-state index is 0.0692. The van der Waals surface area contributed by atoms with E-state index in [-0.39, 0.29) is 5.91 Å². The van der Waals surface area contributed by atoms with Crippen molar-refractivity contribution in [2.45, 2.75) is 6.42 Å². The van der Waals surface area contributed by atoms with Crippen LogP contribution in [0.3, 0.4) is 0 Å². The molecule has 122 valence electrons. The summed E-state index contributed by atoms with van der Waals surface area (Å²) in [6, 6.07) is 12.5. The number of hydrogen-bond acceptors (Lipinski definition) is 4. The van der Waals surface area contributed by atoms with Gasteiger partial charge in [-0.3, -0.25) is 4.79 Å². The molecule has 0 fully saturated rings. The standard InChI is InChI=1S/C17H19ClN2O3/c1-22-15-8-7-14(11-16(15)23-2)19-10-9-17(21)20-13-5-3-12(18)4-6-13/h3-8,11,19H,9-10H2,1-2H3,(H,20,21). The second kappa shape index (κ2) is 8.29. The van der Waals surface area contributed by atoms with Crippen LogP contribution in [0.15, 0.2) is 42.5 Å². The van der Waals surface area contributed by atoms with Gasteiger partial charge < -0.3 is 20.1 Å². The van der Waals surface area contributed by atoms with Crippen molar-refractivity contribution in [1.29, 1.82) is 0 Å². The third-order valence-electron chi connectivity index (χ3n) is 3.19. The molecule has 0 spiro atoms. The smallest absolute Gasteiger partial charge is 0.226 e. The predicted octanol–water partition coefficient (Wildman–Crippen LogP) is 3.80. The number of ether oxygens (including phenoxy) is 2. The number of hydrogen-bond donors (Lipinski definition) is 2. The number of amides is 1. The van der Waals surface area contributed by atoms with Crippen molar-refractivity contribution in [2.24, 2.45) is 0 Å². The van der Waals surface area contributed by atoms with Crippen LogP contribution in [0.25, 0.3) is 0 Å². The van der Waals surface area contributed by atoms with E-state index in [9.17, 15) is 4.79 Å². The average Bonchev–Trinajstić information content (AvgIpc) is 2.56. The van der Waals surface area contributed by atoms with E-state index in [0.29, 0.717) is 29.5 Å². The molecule has 23 heavy (non-hydrogen) atoms. The fourth-order valence-corrected chi connectivity index (χ4v) is 2.15. The molecule has 0 heterocycles. The van der Waals surface area contributed by atoms with Gasteiger partial charge in [0.05, 0.1) is 14.2 Å². The average molecular weight is 335 g/mol. The zero-order valence-corrected chi connectivity index (χ0v) is 13.8. The fraction of sp³-hybridized carbons (Fsp3) is 0.235. The maximum atomic E-state index is 11.9. The van der Waals surface area contributed by atoms with Crippen molar-refractivity contribution in [3.05, 3.63) is 47.5 Å². The summed E-state index contributed by atoms with van der Waals surface area (Å²) in [4.78, 5) is 11.9. The molecule has 0 aliphatic carbocycles. The Labute approximate surface area is 140 Å². The Morgan fingerprint density at radius 2 is 1.65 bits per heavy atom. The maximum absolute atomic E-state index is 11.9. The summed E-state index contributed by atoms with van der Waals surface area (Å²) in [7, 11) is 3.17. The molecule has 2 aromatic carbocycles. The van der Waals surface area contributed by atoms with E-state index < -0.39 is 0 Å². The molecule has 6 heteroatoms. The summed E-state index contributed by atoms with van der Waals surface area (Å²) in [6.07, 6.45) is 0.344. The molecular weight excluding hydrogens is 316 g/mol. The Hall–Kier alpha value is -2.40. The largest absolute Gasteiger partial charge is 0.493 e. The Morgan fingerprint density at radius 1 is 1.00 bits per heavy atom. The summed E-state index contributed by atoms with van der Waals surface area (Å²) >= 11 is 5.80. The van der Waals surface area contributed by atoms with Gasteiger partial charge in [0.1, 0.15) is 0 Å². The SMILES string of the molecule is COc1ccc(NCCC(=O)Nc2ccc(Cl)cc2)cc1OC. The Bertz CT molecular complexity index is 659. The number of halogens is 1. The van der Waals surface area contributed by atoms with Gasteiger partial charge >= 0.3 is 0 Å². The van der Waals surface area contributed by atoms with Gasteiger partial charge in [-0.25, -0.2) is 0 Å². The summed E-state index contributed by atoms with van der Waals surface area (Å²) < 4.78 is 10.4. The first kappa shape index (κ1) is 17.0. The van der Waals surface area contributed by atoms with Crippen molar-refractivity contribution in [3.8, 4) is 11.5 Å². The summed E-state index contributed by atoms with van der Waals surface area (Å²) in [6.45, 7) is 0.509. The van der Waals surface area contributed by atoms with Crippen molar-refractivity contribution >= 4 is 28.9 Å². The van der Waals surface area contributed by atoms with E-state index in [2.05, 4.69) is 10.6 Å². The van der Waals surface area contributed by atoms with Crippen molar-refractivity contribution in [2.75, 3.05) is 31.4 Å². The molecule has 0 unspecified atom stereocenters. The highest BCUT2D eigenvalue weighted by Gasteiger charge is 2.06. The first-order valence-electron chi connectivity index (χ1n) is 7.13. The van der Waals surface area contributed by atoms with E-state index in [0.717, 1.165) is 11.4 Å². The molecule has 0 aromatic heterocycles. The Balaban J connectivity index is 1.82. The lowest BCUT2D eigenvalue weighted by Crippen LogP contribution is -2.16. The van der Waals surface area contributed by atoms with Crippen LogP contribution < -0.4 is 20.1 Å². The molecule has 0 aliphatic heterocycles. The van der Waals surface area contributed by atoms with Gasteiger partial charge in [-0.2, -0.15) is 0 Å². The second-order valence-electron chi connectivity index (χ2n) is 4.80. The number of carbonyl (C=O) groups excluding carboxylic acids is 1. The fourth-order valence-electron chi connectivity index (χ4n) is 2.02. The molecule has 0 radical (unpaired) electrons. The first-order chi connectivity index (χ1) is 11.1. The topological polar surface area (TPSA) is 59.6 Å². The third kappa shape index (κ3) is 5.07. The molecule has 0 aliphatic rings. The van der Waals surface area contributed by atoms with Gasteiger partial charge in [0.15, 0.2) is 11.5 Å². The van der Waals surface area contributed by atoms with E-state index in [1.807, 2.05) is 18.2 Å². The minimum atomic E-state index is -0.0692. The highest BCUT2D eigenvalue weighted by molar-refractivity contribution is 6.30. The van der Waals surface area contributed by atoms with Gasteiger partial charge in [0.25, 0.3) is 0 Å². The number of carbonyl (C=O) groups is 1. The zero-order valence-electron chi connectivity index (χ0n) is 13.1. The lowest BCUT2D eigenvalue weighted by atomic mass is 10.2. The molecule has 2 rings (SSSR count). The minimum Gasteiger partial charge on any atom is -0.493 e. The van der Waals surface area contributed by atoms with Gasteiger partial charge in [0, 0.05) is 35.4 Å². The van der Waals surface area contributed by atoms with Crippen molar-refractivity contribution in [3.63, 3.8) is 0 Å². The maximum Gasteiger partial charge on any atom is 0.226 e. The molecule has 2 N–H and O–H groups in total. The van der Waals surface area contributed by atoms with Crippen LogP contribution >= 0.6 is 11.6 Å². The number of anilines is 2. The highest BCUT2D eigenvalue weighted by atomic mass is 35.5. The van der Waals surface area contributed by atoms with Gasteiger partial charge in [-0.1, -0.05) is 11.6 Å². The van der Waals surface area contributed by atoms with Gasteiger partial charge in [0.2, 0.25) is 5.91 Å². The second-order valence-corrected chi connectivity index (χ2v) is 5.24. The molecule has 1 amide bonds. The predicted molar refractivity (Wildman–Crippen MR) is 92.7 cm³/mol. The molecule has 0 saturated carbocycles. The van der Waals surface area contributed by atoms with Crippen LogP contribution in [0, 0.1) is 0 Å². The number of benzene rings is 2. The van der Waals surface area contributed by atoms with E-state index in [1.165, 1.54) is 0 Å².